The normalized spacial score (nSPS) is 15.5. The van der Waals surface area contributed by atoms with E-state index in [0.29, 0.717) is 24.9 Å². The van der Waals surface area contributed by atoms with E-state index >= 15 is 0 Å². The molecule has 0 spiro atoms. The van der Waals surface area contributed by atoms with E-state index in [9.17, 15) is 5.11 Å². The molecule has 21 heavy (non-hydrogen) atoms. The number of guanidine groups is 1. The summed E-state index contributed by atoms with van der Waals surface area (Å²) in [6, 6.07) is 5.27. The molecule has 0 amide bonds. The van der Waals surface area contributed by atoms with Crippen LogP contribution in [0.3, 0.4) is 0 Å². The summed E-state index contributed by atoms with van der Waals surface area (Å²) >= 11 is 1.94. The summed E-state index contributed by atoms with van der Waals surface area (Å²) in [5.74, 6) is 3.44. The van der Waals surface area contributed by atoms with E-state index in [-0.39, 0.29) is 29.7 Å². The summed E-state index contributed by atoms with van der Waals surface area (Å²) in [6.07, 6.45) is 0. The van der Waals surface area contributed by atoms with Gasteiger partial charge in [0.15, 0.2) is 17.5 Å². The standard InChI is InChI=1S/C14H21N3O2S.HI/c1-2-19-13-9-11(3-4-12(13)18)10-16-14(15)17-5-7-20-8-6-17;/h3-4,9,18H,2,5-8,10H2,1H3,(H2,15,16);1H. The Labute approximate surface area is 147 Å². The number of ether oxygens (including phenoxy) is 1. The zero-order chi connectivity index (χ0) is 14.4. The molecule has 0 atom stereocenters. The van der Waals surface area contributed by atoms with Gasteiger partial charge in [0.05, 0.1) is 13.2 Å². The zero-order valence-electron chi connectivity index (χ0n) is 12.1. The first-order chi connectivity index (χ1) is 9.70. The van der Waals surface area contributed by atoms with Crippen LogP contribution in [0.1, 0.15) is 12.5 Å². The highest BCUT2D eigenvalue weighted by Crippen LogP contribution is 2.27. The second-order valence-electron chi connectivity index (χ2n) is 4.51. The third kappa shape index (κ3) is 5.46. The Morgan fingerprint density at radius 2 is 2.14 bits per heavy atom. The number of aromatic hydroxyl groups is 1. The molecular weight excluding hydrogens is 401 g/mol. The highest BCUT2D eigenvalue weighted by atomic mass is 127. The minimum Gasteiger partial charge on any atom is -0.504 e. The molecule has 1 aliphatic heterocycles. The molecule has 1 heterocycles. The lowest BCUT2D eigenvalue weighted by Gasteiger charge is -2.27. The van der Waals surface area contributed by atoms with Gasteiger partial charge in [-0.2, -0.15) is 11.8 Å². The fourth-order valence-corrected chi connectivity index (χ4v) is 2.90. The number of rotatable bonds is 4. The molecule has 0 saturated carbocycles. The van der Waals surface area contributed by atoms with Crippen LogP contribution in [0.5, 0.6) is 11.5 Å². The average Bonchev–Trinajstić information content (AvgIpc) is 2.49. The van der Waals surface area contributed by atoms with Crippen molar-refractivity contribution in [3.63, 3.8) is 0 Å². The molecule has 0 aliphatic carbocycles. The van der Waals surface area contributed by atoms with Crippen LogP contribution >= 0.6 is 35.7 Å². The minimum atomic E-state index is 0. The zero-order valence-corrected chi connectivity index (χ0v) is 15.3. The van der Waals surface area contributed by atoms with Crippen molar-refractivity contribution >= 4 is 41.7 Å². The van der Waals surface area contributed by atoms with Crippen LogP contribution in [-0.4, -0.2) is 47.2 Å². The number of thioether (sulfide) groups is 1. The fraction of sp³-hybridized carbons (Fsp3) is 0.500. The van der Waals surface area contributed by atoms with Crippen LogP contribution < -0.4 is 10.5 Å². The Morgan fingerprint density at radius 3 is 2.81 bits per heavy atom. The maximum absolute atomic E-state index is 9.65. The van der Waals surface area contributed by atoms with Crippen LogP contribution in [0, 0.1) is 0 Å². The van der Waals surface area contributed by atoms with Crippen molar-refractivity contribution in [2.24, 2.45) is 10.7 Å². The van der Waals surface area contributed by atoms with Gasteiger partial charge in [-0.25, -0.2) is 4.99 Å². The molecule has 2 rings (SSSR count). The van der Waals surface area contributed by atoms with Crippen LogP contribution in [-0.2, 0) is 6.54 Å². The highest BCUT2D eigenvalue weighted by molar-refractivity contribution is 14.0. The molecule has 1 saturated heterocycles. The second-order valence-corrected chi connectivity index (χ2v) is 5.73. The number of phenols is 1. The van der Waals surface area contributed by atoms with Gasteiger partial charge < -0.3 is 20.5 Å². The molecule has 1 aromatic rings. The lowest BCUT2D eigenvalue weighted by molar-refractivity contribution is 0.318. The van der Waals surface area contributed by atoms with Crippen molar-refractivity contribution in [3.8, 4) is 11.5 Å². The van der Waals surface area contributed by atoms with E-state index in [2.05, 4.69) is 9.89 Å². The van der Waals surface area contributed by atoms with Gasteiger partial charge in [-0.1, -0.05) is 6.07 Å². The summed E-state index contributed by atoms with van der Waals surface area (Å²) in [5.41, 5.74) is 6.98. The number of phenolic OH excluding ortho intramolecular Hbond substituents is 1. The first-order valence-electron chi connectivity index (χ1n) is 6.78. The van der Waals surface area contributed by atoms with Gasteiger partial charge in [0.2, 0.25) is 0 Å². The Balaban J connectivity index is 0.00000220. The summed E-state index contributed by atoms with van der Waals surface area (Å²) in [7, 11) is 0. The van der Waals surface area contributed by atoms with Gasteiger partial charge in [0.25, 0.3) is 0 Å². The second kappa shape index (κ2) is 9.24. The third-order valence-electron chi connectivity index (χ3n) is 3.08. The van der Waals surface area contributed by atoms with Crippen molar-refractivity contribution in [1.29, 1.82) is 0 Å². The van der Waals surface area contributed by atoms with E-state index in [1.165, 1.54) is 0 Å². The predicted molar refractivity (Wildman–Crippen MR) is 98.9 cm³/mol. The van der Waals surface area contributed by atoms with E-state index in [4.69, 9.17) is 10.5 Å². The third-order valence-corrected chi connectivity index (χ3v) is 4.03. The van der Waals surface area contributed by atoms with Gasteiger partial charge in [0.1, 0.15) is 0 Å². The summed E-state index contributed by atoms with van der Waals surface area (Å²) in [6.45, 7) is 4.82. The van der Waals surface area contributed by atoms with Gasteiger partial charge >= 0.3 is 0 Å². The van der Waals surface area contributed by atoms with Crippen LogP contribution in [0.15, 0.2) is 23.2 Å². The van der Waals surface area contributed by atoms with Crippen molar-refractivity contribution in [1.82, 2.24) is 4.90 Å². The smallest absolute Gasteiger partial charge is 0.191 e. The molecule has 0 radical (unpaired) electrons. The average molecular weight is 423 g/mol. The number of nitrogens with two attached hydrogens (primary N) is 1. The SMILES string of the molecule is CCOc1cc(CN=C(N)N2CCSCC2)ccc1O.I. The van der Waals surface area contributed by atoms with E-state index < -0.39 is 0 Å². The topological polar surface area (TPSA) is 71.1 Å². The van der Waals surface area contributed by atoms with Crippen LogP contribution in [0.2, 0.25) is 0 Å². The summed E-state index contributed by atoms with van der Waals surface area (Å²) in [5, 5.41) is 9.65. The number of hydrogen-bond acceptors (Lipinski definition) is 4. The van der Waals surface area contributed by atoms with Gasteiger partial charge in [0, 0.05) is 24.6 Å². The number of benzene rings is 1. The molecular formula is C14H22IN3O2S. The molecule has 0 bridgehead atoms. The van der Waals surface area contributed by atoms with Crippen LogP contribution in [0.4, 0.5) is 0 Å². The van der Waals surface area contributed by atoms with E-state index in [0.717, 1.165) is 30.2 Å². The molecule has 7 heteroatoms. The lowest BCUT2D eigenvalue weighted by atomic mass is 10.2. The Hall–Kier alpha value is -0.830. The van der Waals surface area contributed by atoms with Gasteiger partial charge in [-0.15, -0.1) is 24.0 Å². The van der Waals surface area contributed by atoms with Crippen molar-refractivity contribution in [2.75, 3.05) is 31.2 Å². The Morgan fingerprint density at radius 1 is 1.43 bits per heavy atom. The molecule has 0 unspecified atom stereocenters. The maximum atomic E-state index is 9.65. The number of nitrogens with zero attached hydrogens (tertiary/aromatic N) is 2. The summed E-state index contributed by atoms with van der Waals surface area (Å²) in [4.78, 5) is 6.53. The van der Waals surface area contributed by atoms with Gasteiger partial charge in [-0.3, -0.25) is 0 Å². The number of halogens is 1. The maximum Gasteiger partial charge on any atom is 0.191 e. The fourth-order valence-electron chi connectivity index (χ4n) is 1.99. The minimum absolute atomic E-state index is 0. The first kappa shape index (κ1) is 18.2. The number of aliphatic imine (C=N–C) groups is 1. The van der Waals surface area contributed by atoms with Crippen molar-refractivity contribution in [3.05, 3.63) is 23.8 Å². The molecule has 5 nitrogen and oxygen atoms in total. The molecule has 118 valence electrons. The summed E-state index contributed by atoms with van der Waals surface area (Å²) < 4.78 is 5.36. The predicted octanol–water partition coefficient (Wildman–Crippen LogP) is 2.27. The molecule has 0 aromatic heterocycles. The molecule has 3 N–H and O–H groups in total. The Bertz CT molecular complexity index is 479. The highest BCUT2D eigenvalue weighted by Gasteiger charge is 2.12. The largest absolute Gasteiger partial charge is 0.504 e. The first-order valence-corrected chi connectivity index (χ1v) is 7.93. The van der Waals surface area contributed by atoms with Crippen molar-refractivity contribution in [2.45, 2.75) is 13.5 Å². The van der Waals surface area contributed by atoms with Crippen LogP contribution in [0.25, 0.3) is 0 Å². The quantitative estimate of drug-likeness (QED) is 0.442. The lowest BCUT2D eigenvalue weighted by Crippen LogP contribution is -2.42. The van der Waals surface area contributed by atoms with E-state index in [1.54, 1.807) is 6.07 Å². The molecule has 1 aliphatic rings. The molecule has 1 aromatic carbocycles. The monoisotopic (exact) mass is 423 g/mol. The molecule has 1 fully saturated rings. The Kier molecular flexibility index (Phi) is 8.02. The van der Waals surface area contributed by atoms with Gasteiger partial charge in [-0.05, 0) is 24.6 Å². The number of hydrogen-bond donors (Lipinski definition) is 2. The van der Waals surface area contributed by atoms with Crippen molar-refractivity contribution < 1.29 is 9.84 Å². The van der Waals surface area contributed by atoms with E-state index in [1.807, 2.05) is 30.8 Å².